The van der Waals surface area contributed by atoms with Crippen molar-refractivity contribution in [3.63, 3.8) is 0 Å². The minimum absolute atomic E-state index is 0.304. The highest BCUT2D eigenvalue weighted by molar-refractivity contribution is 7.90. The molecule has 0 saturated carbocycles. The molecule has 0 aliphatic rings. The monoisotopic (exact) mass is 310 g/mol. The van der Waals surface area contributed by atoms with E-state index in [2.05, 4.69) is 5.32 Å². The first-order valence-electron chi connectivity index (χ1n) is 5.95. The Morgan fingerprint density at radius 2 is 1.80 bits per heavy atom. The Kier molecular flexibility index (Phi) is 4.20. The van der Waals surface area contributed by atoms with Gasteiger partial charge < -0.3 is 11.1 Å². The second-order valence-electron chi connectivity index (χ2n) is 4.47. The third-order valence-electron chi connectivity index (χ3n) is 2.87. The van der Waals surface area contributed by atoms with Crippen LogP contribution in [-0.2, 0) is 16.4 Å². The highest BCUT2D eigenvalue weighted by Crippen LogP contribution is 2.28. The van der Waals surface area contributed by atoms with E-state index in [0.717, 1.165) is 5.56 Å². The molecule has 6 heteroatoms. The molecule has 20 heavy (non-hydrogen) atoms. The number of anilines is 2. The zero-order valence-electron chi connectivity index (χ0n) is 10.9. The van der Waals surface area contributed by atoms with E-state index in [-0.39, 0.29) is 0 Å². The standard InChI is InChI=1S/C14H15ClN2O2S/c1-20(18,19)11-7-5-10(6-8-11)9-17-14-12(15)3-2-4-13(14)16/h2-8,17H,9,16H2,1H3. The van der Waals surface area contributed by atoms with E-state index < -0.39 is 9.84 Å². The number of nitrogen functional groups attached to an aromatic ring is 1. The molecule has 0 amide bonds. The number of nitrogens with one attached hydrogen (secondary N) is 1. The summed E-state index contributed by atoms with van der Waals surface area (Å²) < 4.78 is 22.7. The van der Waals surface area contributed by atoms with Crippen LogP contribution < -0.4 is 11.1 Å². The lowest BCUT2D eigenvalue weighted by molar-refractivity contribution is 0.602. The molecule has 106 valence electrons. The number of hydrogen-bond donors (Lipinski definition) is 2. The maximum atomic E-state index is 11.4. The van der Waals surface area contributed by atoms with Crippen LogP contribution in [0.2, 0.25) is 5.02 Å². The average Bonchev–Trinajstić information content (AvgIpc) is 2.37. The summed E-state index contributed by atoms with van der Waals surface area (Å²) in [5, 5.41) is 3.70. The number of benzene rings is 2. The maximum Gasteiger partial charge on any atom is 0.175 e. The predicted molar refractivity (Wildman–Crippen MR) is 82.7 cm³/mol. The fourth-order valence-corrected chi connectivity index (χ4v) is 2.65. The summed E-state index contributed by atoms with van der Waals surface area (Å²) in [5.74, 6) is 0. The normalized spacial score (nSPS) is 11.3. The summed E-state index contributed by atoms with van der Waals surface area (Å²) in [6.45, 7) is 0.512. The SMILES string of the molecule is CS(=O)(=O)c1ccc(CNc2c(N)cccc2Cl)cc1. The van der Waals surface area contributed by atoms with Gasteiger partial charge in [-0.3, -0.25) is 0 Å². The summed E-state index contributed by atoms with van der Waals surface area (Å²) in [7, 11) is -3.16. The zero-order valence-corrected chi connectivity index (χ0v) is 12.5. The second kappa shape index (κ2) is 5.73. The number of rotatable bonds is 4. The summed E-state index contributed by atoms with van der Waals surface area (Å²) in [4.78, 5) is 0.304. The number of hydrogen-bond acceptors (Lipinski definition) is 4. The largest absolute Gasteiger partial charge is 0.397 e. The average molecular weight is 311 g/mol. The predicted octanol–water partition coefficient (Wildman–Crippen LogP) is 2.94. The van der Waals surface area contributed by atoms with Crippen LogP contribution in [0.5, 0.6) is 0 Å². The molecule has 0 spiro atoms. The molecule has 0 fully saturated rings. The van der Waals surface area contributed by atoms with Crippen LogP contribution >= 0.6 is 11.6 Å². The van der Waals surface area contributed by atoms with E-state index >= 15 is 0 Å². The van der Waals surface area contributed by atoms with Gasteiger partial charge in [0.05, 0.1) is 21.3 Å². The van der Waals surface area contributed by atoms with Crippen LogP contribution in [0, 0.1) is 0 Å². The molecule has 0 heterocycles. The van der Waals surface area contributed by atoms with Crippen molar-refractivity contribution in [3.8, 4) is 0 Å². The molecule has 0 saturated heterocycles. The van der Waals surface area contributed by atoms with Gasteiger partial charge in [-0.25, -0.2) is 8.42 Å². The molecular weight excluding hydrogens is 296 g/mol. The zero-order chi connectivity index (χ0) is 14.8. The van der Waals surface area contributed by atoms with Gasteiger partial charge in [-0.05, 0) is 29.8 Å². The molecule has 2 rings (SSSR count). The molecule has 0 bridgehead atoms. The lowest BCUT2D eigenvalue weighted by atomic mass is 10.2. The first kappa shape index (κ1) is 14.7. The van der Waals surface area contributed by atoms with Gasteiger partial charge in [-0.15, -0.1) is 0 Å². The molecule has 0 aliphatic carbocycles. The Morgan fingerprint density at radius 1 is 1.15 bits per heavy atom. The van der Waals surface area contributed by atoms with E-state index in [1.807, 2.05) is 0 Å². The van der Waals surface area contributed by atoms with Gasteiger partial charge in [-0.1, -0.05) is 29.8 Å². The Labute approximate surface area is 123 Å². The first-order valence-corrected chi connectivity index (χ1v) is 8.22. The minimum atomic E-state index is -3.16. The quantitative estimate of drug-likeness (QED) is 0.852. The van der Waals surface area contributed by atoms with Crippen LogP contribution in [0.15, 0.2) is 47.4 Å². The van der Waals surface area contributed by atoms with Gasteiger partial charge in [-0.2, -0.15) is 0 Å². The molecule has 0 unspecified atom stereocenters. The van der Waals surface area contributed by atoms with Gasteiger partial charge in [0, 0.05) is 12.8 Å². The van der Waals surface area contributed by atoms with E-state index in [4.69, 9.17) is 17.3 Å². The fraction of sp³-hybridized carbons (Fsp3) is 0.143. The summed E-state index contributed by atoms with van der Waals surface area (Å²) >= 11 is 6.06. The molecular formula is C14H15ClN2O2S. The van der Waals surface area contributed by atoms with Crippen molar-refractivity contribution in [2.75, 3.05) is 17.3 Å². The molecule has 4 nitrogen and oxygen atoms in total. The van der Waals surface area contributed by atoms with Gasteiger partial charge in [0.1, 0.15) is 0 Å². The van der Waals surface area contributed by atoms with Crippen molar-refractivity contribution >= 4 is 32.8 Å². The van der Waals surface area contributed by atoms with E-state index in [9.17, 15) is 8.42 Å². The van der Waals surface area contributed by atoms with E-state index in [0.29, 0.717) is 27.8 Å². The Balaban J connectivity index is 2.12. The Hall–Kier alpha value is -1.72. The van der Waals surface area contributed by atoms with Crippen LogP contribution in [0.3, 0.4) is 0 Å². The first-order chi connectivity index (χ1) is 9.38. The summed E-state index contributed by atoms with van der Waals surface area (Å²) in [6.07, 6.45) is 1.19. The third kappa shape index (κ3) is 3.43. The van der Waals surface area contributed by atoms with E-state index in [1.54, 1.807) is 42.5 Å². The molecule has 2 aromatic carbocycles. The van der Waals surface area contributed by atoms with Crippen molar-refractivity contribution in [1.29, 1.82) is 0 Å². The minimum Gasteiger partial charge on any atom is -0.397 e. The van der Waals surface area contributed by atoms with Crippen LogP contribution in [-0.4, -0.2) is 14.7 Å². The molecule has 0 atom stereocenters. The van der Waals surface area contributed by atoms with Gasteiger partial charge >= 0.3 is 0 Å². The van der Waals surface area contributed by atoms with Gasteiger partial charge in [0.15, 0.2) is 9.84 Å². The van der Waals surface area contributed by atoms with Crippen molar-refractivity contribution in [1.82, 2.24) is 0 Å². The molecule has 0 radical (unpaired) electrons. The maximum absolute atomic E-state index is 11.4. The Bertz CT molecular complexity index is 692. The summed E-state index contributed by atoms with van der Waals surface area (Å²) in [5.41, 5.74) is 8.04. The lowest BCUT2D eigenvalue weighted by Crippen LogP contribution is -2.03. The molecule has 2 aromatic rings. The molecule has 0 aliphatic heterocycles. The van der Waals surface area contributed by atoms with Crippen LogP contribution in [0.1, 0.15) is 5.56 Å². The fourth-order valence-electron chi connectivity index (χ4n) is 1.77. The van der Waals surface area contributed by atoms with E-state index in [1.165, 1.54) is 6.26 Å². The molecule has 0 aromatic heterocycles. The number of nitrogens with two attached hydrogens (primary N) is 1. The van der Waals surface area contributed by atoms with Gasteiger partial charge in [0.2, 0.25) is 0 Å². The van der Waals surface area contributed by atoms with Gasteiger partial charge in [0.25, 0.3) is 0 Å². The number of halogens is 1. The van der Waals surface area contributed by atoms with Crippen molar-refractivity contribution in [2.45, 2.75) is 11.4 Å². The third-order valence-corrected chi connectivity index (χ3v) is 4.31. The number of sulfone groups is 1. The Morgan fingerprint density at radius 3 is 2.35 bits per heavy atom. The highest BCUT2D eigenvalue weighted by atomic mass is 35.5. The van der Waals surface area contributed by atoms with Crippen molar-refractivity contribution in [3.05, 3.63) is 53.1 Å². The molecule has 3 N–H and O–H groups in total. The topological polar surface area (TPSA) is 72.2 Å². The lowest BCUT2D eigenvalue weighted by Gasteiger charge is -2.11. The van der Waals surface area contributed by atoms with Crippen molar-refractivity contribution < 1.29 is 8.42 Å². The second-order valence-corrected chi connectivity index (χ2v) is 6.90. The van der Waals surface area contributed by atoms with Crippen LogP contribution in [0.4, 0.5) is 11.4 Å². The smallest absolute Gasteiger partial charge is 0.175 e. The highest BCUT2D eigenvalue weighted by Gasteiger charge is 2.07. The summed E-state index contributed by atoms with van der Waals surface area (Å²) in [6, 6.07) is 12.0. The van der Waals surface area contributed by atoms with Crippen LogP contribution in [0.25, 0.3) is 0 Å². The number of para-hydroxylation sites is 1. The van der Waals surface area contributed by atoms with Crippen molar-refractivity contribution in [2.24, 2.45) is 0 Å².